The molecule has 0 unspecified atom stereocenters. The predicted molar refractivity (Wildman–Crippen MR) is 105 cm³/mol. The summed E-state index contributed by atoms with van der Waals surface area (Å²) in [5, 5.41) is 9.07. The summed E-state index contributed by atoms with van der Waals surface area (Å²) < 4.78 is 7.27. The summed E-state index contributed by atoms with van der Waals surface area (Å²) in [6, 6.07) is 5.54. The SMILES string of the molecule is COc1ccc(C)cc1C(=O)CSc1nnc(CCC(N)=O)n1CC(C)C. The second-order valence-electron chi connectivity index (χ2n) is 6.79. The van der Waals surface area contributed by atoms with Gasteiger partial charge < -0.3 is 15.0 Å². The maximum Gasteiger partial charge on any atom is 0.217 e. The number of hydrogen-bond acceptors (Lipinski definition) is 6. The van der Waals surface area contributed by atoms with Gasteiger partial charge in [-0.1, -0.05) is 37.2 Å². The number of ketones is 1. The molecule has 0 atom stereocenters. The Hall–Kier alpha value is -2.35. The number of ether oxygens (including phenoxy) is 1. The molecule has 2 N–H and O–H groups in total. The fourth-order valence-electron chi connectivity index (χ4n) is 2.64. The molecule has 0 spiro atoms. The Labute approximate surface area is 163 Å². The van der Waals surface area contributed by atoms with E-state index in [1.165, 1.54) is 11.8 Å². The third-order valence-corrected chi connectivity index (χ3v) is 4.89. The van der Waals surface area contributed by atoms with Gasteiger partial charge in [-0.2, -0.15) is 0 Å². The van der Waals surface area contributed by atoms with E-state index in [-0.39, 0.29) is 23.9 Å². The van der Waals surface area contributed by atoms with E-state index in [0.29, 0.717) is 41.2 Å². The molecule has 2 rings (SSSR count). The summed E-state index contributed by atoms with van der Waals surface area (Å²) in [5.74, 6) is 1.48. The monoisotopic (exact) mass is 390 g/mol. The van der Waals surface area contributed by atoms with Crippen molar-refractivity contribution in [1.82, 2.24) is 14.8 Å². The van der Waals surface area contributed by atoms with E-state index in [9.17, 15) is 9.59 Å². The molecule has 0 saturated carbocycles. The largest absolute Gasteiger partial charge is 0.496 e. The summed E-state index contributed by atoms with van der Waals surface area (Å²) in [7, 11) is 1.55. The minimum absolute atomic E-state index is 0.0293. The normalized spacial score (nSPS) is 11.0. The molecule has 1 aromatic heterocycles. The highest BCUT2D eigenvalue weighted by Crippen LogP contribution is 2.25. The molecule has 0 saturated heterocycles. The van der Waals surface area contributed by atoms with Gasteiger partial charge in [0.15, 0.2) is 10.9 Å². The van der Waals surface area contributed by atoms with Gasteiger partial charge in [0.2, 0.25) is 5.91 Å². The topological polar surface area (TPSA) is 100 Å². The lowest BCUT2D eigenvalue weighted by molar-refractivity contribution is -0.118. The first-order valence-electron chi connectivity index (χ1n) is 8.82. The van der Waals surface area contributed by atoms with Crippen LogP contribution in [0.1, 0.15) is 42.0 Å². The van der Waals surface area contributed by atoms with E-state index < -0.39 is 0 Å². The third kappa shape index (κ3) is 5.82. The van der Waals surface area contributed by atoms with E-state index in [1.54, 1.807) is 13.2 Å². The van der Waals surface area contributed by atoms with Crippen LogP contribution < -0.4 is 10.5 Å². The van der Waals surface area contributed by atoms with E-state index in [4.69, 9.17) is 10.5 Å². The van der Waals surface area contributed by atoms with Crippen molar-refractivity contribution in [3.05, 3.63) is 35.2 Å². The summed E-state index contributed by atoms with van der Waals surface area (Å²) >= 11 is 1.34. The van der Waals surface area contributed by atoms with E-state index >= 15 is 0 Å². The number of Topliss-reactive ketones (excluding diaryl/α,β-unsaturated/α-hetero) is 1. The lowest BCUT2D eigenvalue weighted by atomic mass is 10.1. The maximum absolute atomic E-state index is 12.7. The molecule has 0 bridgehead atoms. The minimum atomic E-state index is -0.370. The quantitative estimate of drug-likeness (QED) is 0.494. The number of aryl methyl sites for hydroxylation is 2. The predicted octanol–water partition coefficient (Wildman–Crippen LogP) is 2.64. The van der Waals surface area contributed by atoms with Crippen LogP contribution in [0.25, 0.3) is 0 Å². The van der Waals surface area contributed by atoms with Crippen LogP contribution in [-0.2, 0) is 17.8 Å². The Kier molecular flexibility index (Phi) is 7.41. The molecule has 0 aliphatic heterocycles. The Balaban J connectivity index is 2.16. The minimum Gasteiger partial charge on any atom is -0.496 e. The summed E-state index contributed by atoms with van der Waals surface area (Å²) in [6.45, 7) is 6.84. The molecular formula is C19H26N4O3S. The number of methoxy groups -OCH3 is 1. The number of nitrogens with two attached hydrogens (primary N) is 1. The average molecular weight is 391 g/mol. The van der Waals surface area contributed by atoms with Gasteiger partial charge in [-0.25, -0.2) is 0 Å². The third-order valence-electron chi connectivity index (χ3n) is 3.92. The first-order valence-corrected chi connectivity index (χ1v) is 9.81. The van der Waals surface area contributed by atoms with Crippen LogP contribution in [0.4, 0.5) is 0 Å². The van der Waals surface area contributed by atoms with Crippen LogP contribution >= 0.6 is 11.8 Å². The Bertz CT molecular complexity index is 817. The number of rotatable bonds is 10. The number of hydrogen-bond donors (Lipinski definition) is 1. The van der Waals surface area contributed by atoms with Gasteiger partial charge in [-0.15, -0.1) is 10.2 Å². The number of aromatic nitrogens is 3. The van der Waals surface area contributed by atoms with Crippen LogP contribution in [0.2, 0.25) is 0 Å². The Morgan fingerprint density at radius 1 is 1.30 bits per heavy atom. The number of benzene rings is 1. The van der Waals surface area contributed by atoms with Crippen LogP contribution in [-0.4, -0.2) is 39.3 Å². The highest BCUT2D eigenvalue weighted by atomic mass is 32.2. The van der Waals surface area contributed by atoms with Crippen molar-refractivity contribution in [3.8, 4) is 5.75 Å². The molecule has 0 fully saturated rings. The number of amides is 1. The highest BCUT2D eigenvalue weighted by Gasteiger charge is 2.18. The van der Waals surface area contributed by atoms with Gasteiger partial charge in [0.25, 0.3) is 0 Å². The van der Waals surface area contributed by atoms with Gasteiger partial charge in [0, 0.05) is 19.4 Å². The Morgan fingerprint density at radius 3 is 2.67 bits per heavy atom. The standard InChI is InChI=1S/C19H26N4O3S/c1-12(2)10-23-18(8-7-17(20)25)21-22-19(23)27-11-15(24)14-9-13(3)5-6-16(14)26-4/h5-6,9,12H,7-8,10-11H2,1-4H3,(H2,20,25). The smallest absolute Gasteiger partial charge is 0.217 e. The van der Waals surface area contributed by atoms with Gasteiger partial charge in [-0.05, 0) is 25.0 Å². The molecule has 0 aliphatic rings. The first-order chi connectivity index (χ1) is 12.8. The lowest BCUT2D eigenvalue weighted by Gasteiger charge is -2.12. The van der Waals surface area contributed by atoms with Crippen molar-refractivity contribution in [2.45, 2.75) is 45.3 Å². The Morgan fingerprint density at radius 2 is 2.04 bits per heavy atom. The molecule has 1 aromatic carbocycles. The van der Waals surface area contributed by atoms with Crippen molar-refractivity contribution in [3.63, 3.8) is 0 Å². The van der Waals surface area contributed by atoms with Crippen molar-refractivity contribution >= 4 is 23.5 Å². The van der Waals surface area contributed by atoms with Crippen LogP contribution in [0.3, 0.4) is 0 Å². The van der Waals surface area contributed by atoms with E-state index in [0.717, 1.165) is 5.56 Å². The van der Waals surface area contributed by atoms with E-state index in [1.807, 2.05) is 23.6 Å². The van der Waals surface area contributed by atoms with Gasteiger partial charge >= 0.3 is 0 Å². The average Bonchev–Trinajstić information content (AvgIpc) is 2.98. The number of nitrogens with zero attached hydrogens (tertiary/aromatic N) is 3. The van der Waals surface area contributed by atoms with Gasteiger partial charge in [-0.3, -0.25) is 9.59 Å². The summed E-state index contributed by atoms with van der Waals surface area (Å²) in [6.07, 6.45) is 0.662. The zero-order chi connectivity index (χ0) is 20.0. The number of thioether (sulfide) groups is 1. The molecule has 2 aromatic rings. The second kappa shape index (κ2) is 9.55. The zero-order valence-electron chi connectivity index (χ0n) is 16.2. The van der Waals surface area contributed by atoms with Crippen molar-refractivity contribution in [2.75, 3.05) is 12.9 Å². The highest BCUT2D eigenvalue weighted by molar-refractivity contribution is 7.99. The van der Waals surface area contributed by atoms with E-state index in [2.05, 4.69) is 24.0 Å². The van der Waals surface area contributed by atoms with Gasteiger partial charge in [0.1, 0.15) is 11.6 Å². The molecule has 0 radical (unpaired) electrons. The second-order valence-corrected chi connectivity index (χ2v) is 7.73. The number of primary amides is 1. The zero-order valence-corrected chi connectivity index (χ0v) is 17.0. The van der Waals surface area contributed by atoms with Crippen LogP contribution in [0.15, 0.2) is 23.4 Å². The molecular weight excluding hydrogens is 364 g/mol. The van der Waals surface area contributed by atoms with Crippen molar-refractivity contribution in [1.29, 1.82) is 0 Å². The molecule has 1 heterocycles. The fraction of sp³-hybridized carbons (Fsp3) is 0.474. The lowest BCUT2D eigenvalue weighted by Crippen LogP contribution is -2.15. The molecule has 1 amide bonds. The maximum atomic E-state index is 12.7. The molecule has 0 aliphatic carbocycles. The summed E-state index contributed by atoms with van der Waals surface area (Å²) in [4.78, 5) is 23.8. The van der Waals surface area contributed by atoms with Crippen molar-refractivity contribution in [2.24, 2.45) is 11.7 Å². The molecule has 27 heavy (non-hydrogen) atoms. The fourth-order valence-corrected chi connectivity index (χ4v) is 3.49. The van der Waals surface area contributed by atoms with Crippen molar-refractivity contribution < 1.29 is 14.3 Å². The van der Waals surface area contributed by atoms with Crippen LogP contribution in [0.5, 0.6) is 5.75 Å². The van der Waals surface area contributed by atoms with Crippen LogP contribution in [0, 0.1) is 12.8 Å². The summed E-state index contributed by atoms with van der Waals surface area (Å²) in [5.41, 5.74) is 6.81. The molecule has 7 nitrogen and oxygen atoms in total. The number of carbonyl (C=O) groups is 2. The molecule has 146 valence electrons. The van der Waals surface area contributed by atoms with Gasteiger partial charge in [0.05, 0.1) is 18.4 Å². The number of carbonyl (C=O) groups excluding carboxylic acids is 2. The molecule has 8 heteroatoms. The first kappa shape index (κ1) is 21.0.